The fourth-order valence-electron chi connectivity index (χ4n) is 2.52. The van der Waals surface area contributed by atoms with Crippen molar-refractivity contribution in [1.29, 1.82) is 0 Å². The van der Waals surface area contributed by atoms with Crippen molar-refractivity contribution in [3.05, 3.63) is 30.1 Å². The topological polar surface area (TPSA) is 72.5 Å². The first kappa shape index (κ1) is 18.9. The van der Waals surface area contributed by atoms with Crippen molar-refractivity contribution < 1.29 is 22.3 Å². The first-order chi connectivity index (χ1) is 9.94. The summed E-state index contributed by atoms with van der Waals surface area (Å²) >= 11 is 0. The van der Waals surface area contributed by atoms with Crippen LogP contribution >= 0.6 is 12.4 Å². The molecule has 1 N–H and O–H groups in total. The molecule has 2 rings (SSSR count). The Kier molecular flexibility index (Phi) is 6.34. The second kappa shape index (κ2) is 7.39. The molecule has 1 aliphatic rings. The van der Waals surface area contributed by atoms with E-state index in [4.69, 9.17) is 4.74 Å². The Balaban J connectivity index is 0.00000242. The largest absolute Gasteiger partial charge is 0.465 e. The van der Waals surface area contributed by atoms with E-state index in [2.05, 4.69) is 5.32 Å². The van der Waals surface area contributed by atoms with Crippen molar-refractivity contribution in [1.82, 2.24) is 5.32 Å². The highest BCUT2D eigenvalue weighted by Crippen LogP contribution is 2.35. The second-order valence-electron chi connectivity index (χ2n) is 4.92. The molecule has 1 heterocycles. The van der Waals surface area contributed by atoms with Crippen LogP contribution in [-0.4, -0.2) is 38.8 Å². The third-order valence-corrected chi connectivity index (χ3v) is 6.19. The molecule has 22 heavy (non-hydrogen) atoms. The van der Waals surface area contributed by atoms with Crippen LogP contribution in [0.4, 0.5) is 4.39 Å². The number of esters is 1. The van der Waals surface area contributed by atoms with E-state index in [9.17, 15) is 17.6 Å². The number of hydrogen-bond donors (Lipinski definition) is 1. The summed E-state index contributed by atoms with van der Waals surface area (Å²) in [5, 5.41) is 3.04. The van der Waals surface area contributed by atoms with E-state index in [-0.39, 0.29) is 36.8 Å². The number of ether oxygens (including phenoxy) is 1. The van der Waals surface area contributed by atoms with Crippen LogP contribution in [0.2, 0.25) is 0 Å². The molecule has 0 unspecified atom stereocenters. The van der Waals surface area contributed by atoms with E-state index < -0.39 is 26.4 Å². The number of carbonyl (C=O) groups is 1. The Hall–Kier alpha value is -1.18. The van der Waals surface area contributed by atoms with E-state index in [1.807, 2.05) is 0 Å². The van der Waals surface area contributed by atoms with E-state index >= 15 is 0 Å². The Bertz CT molecular complexity index is 612. The molecule has 0 aliphatic carbocycles. The molecule has 0 saturated carbocycles. The molecule has 1 aromatic rings. The van der Waals surface area contributed by atoms with Crippen molar-refractivity contribution in [2.24, 2.45) is 0 Å². The lowest BCUT2D eigenvalue weighted by Crippen LogP contribution is -2.54. The molecule has 0 amide bonds. The summed E-state index contributed by atoms with van der Waals surface area (Å²) in [6.07, 6.45) is 0.289. The first-order valence-electron chi connectivity index (χ1n) is 6.82. The fraction of sp³-hybridized carbons (Fsp3) is 0.500. The van der Waals surface area contributed by atoms with Crippen molar-refractivity contribution in [3.63, 3.8) is 0 Å². The quantitative estimate of drug-likeness (QED) is 0.660. The molecule has 0 atom stereocenters. The summed E-state index contributed by atoms with van der Waals surface area (Å²) in [4.78, 5) is 12.2. The Morgan fingerprint density at radius 3 is 2.32 bits per heavy atom. The van der Waals surface area contributed by atoms with Gasteiger partial charge in [0.15, 0.2) is 14.6 Å². The van der Waals surface area contributed by atoms with Gasteiger partial charge in [-0.25, -0.2) is 12.8 Å². The number of hydrogen-bond acceptors (Lipinski definition) is 5. The molecule has 0 spiro atoms. The van der Waals surface area contributed by atoms with Crippen molar-refractivity contribution in [2.75, 3.05) is 19.7 Å². The summed E-state index contributed by atoms with van der Waals surface area (Å²) in [6, 6.07) is 4.53. The highest BCUT2D eigenvalue weighted by Gasteiger charge is 2.53. The Labute approximate surface area is 135 Å². The van der Waals surface area contributed by atoms with Gasteiger partial charge in [0.25, 0.3) is 0 Å². The lowest BCUT2D eigenvalue weighted by atomic mass is 9.97. The molecule has 0 aromatic heterocycles. The highest BCUT2D eigenvalue weighted by molar-refractivity contribution is 7.93. The van der Waals surface area contributed by atoms with Gasteiger partial charge in [0.2, 0.25) is 0 Å². The number of carbonyl (C=O) groups excluding carboxylic acids is 1. The van der Waals surface area contributed by atoms with Gasteiger partial charge in [-0.05, 0) is 57.1 Å². The number of benzene rings is 1. The van der Waals surface area contributed by atoms with Gasteiger partial charge in [-0.2, -0.15) is 0 Å². The fourth-order valence-corrected chi connectivity index (χ4v) is 4.48. The minimum absolute atomic E-state index is 0. The van der Waals surface area contributed by atoms with E-state index in [1.165, 1.54) is 12.1 Å². The standard InChI is InChI=1S/C14H18FNO4S.ClH/c1-2-20-13(17)14(7-9-16-10-8-14)21(18,19)12-5-3-11(15)4-6-12;/h3-6,16H,2,7-10H2,1H3;1H. The summed E-state index contributed by atoms with van der Waals surface area (Å²) < 4.78 is 42.2. The van der Waals surface area contributed by atoms with Gasteiger partial charge in [0.05, 0.1) is 11.5 Å². The van der Waals surface area contributed by atoms with Crippen LogP contribution in [0.3, 0.4) is 0 Å². The van der Waals surface area contributed by atoms with Crippen molar-refractivity contribution in [2.45, 2.75) is 29.4 Å². The molecule has 1 aromatic carbocycles. The van der Waals surface area contributed by atoms with Gasteiger partial charge in [-0.15, -0.1) is 12.4 Å². The summed E-state index contributed by atoms with van der Waals surface area (Å²) in [7, 11) is -3.94. The van der Waals surface area contributed by atoms with Gasteiger partial charge in [0, 0.05) is 0 Å². The van der Waals surface area contributed by atoms with Crippen LogP contribution in [0, 0.1) is 5.82 Å². The van der Waals surface area contributed by atoms with Gasteiger partial charge in [-0.3, -0.25) is 4.79 Å². The van der Waals surface area contributed by atoms with Crippen LogP contribution in [0.5, 0.6) is 0 Å². The zero-order valence-electron chi connectivity index (χ0n) is 12.2. The number of piperidine rings is 1. The van der Waals surface area contributed by atoms with Crippen molar-refractivity contribution in [3.8, 4) is 0 Å². The average Bonchev–Trinajstić information content (AvgIpc) is 2.48. The molecular weight excluding hydrogens is 333 g/mol. The zero-order chi connectivity index (χ0) is 15.5. The van der Waals surface area contributed by atoms with Crippen LogP contribution < -0.4 is 5.32 Å². The molecule has 0 radical (unpaired) electrons. The number of rotatable bonds is 4. The maximum atomic E-state index is 13.0. The minimum atomic E-state index is -3.94. The molecular formula is C14H19ClFNO4S. The average molecular weight is 352 g/mol. The second-order valence-corrected chi connectivity index (χ2v) is 7.18. The lowest BCUT2D eigenvalue weighted by molar-refractivity contribution is -0.147. The lowest BCUT2D eigenvalue weighted by Gasteiger charge is -2.34. The summed E-state index contributed by atoms with van der Waals surface area (Å²) in [5.41, 5.74) is 0. The molecule has 124 valence electrons. The monoisotopic (exact) mass is 351 g/mol. The Morgan fingerprint density at radius 2 is 1.82 bits per heavy atom. The van der Waals surface area contributed by atoms with Crippen LogP contribution in [0.1, 0.15) is 19.8 Å². The normalized spacial score (nSPS) is 17.4. The predicted molar refractivity (Wildman–Crippen MR) is 82.3 cm³/mol. The maximum absolute atomic E-state index is 13.0. The van der Waals surface area contributed by atoms with Gasteiger partial charge in [-0.1, -0.05) is 0 Å². The van der Waals surface area contributed by atoms with Gasteiger partial charge in [0.1, 0.15) is 5.82 Å². The smallest absolute Gasteiger partial charge is 0.327 e. The van der Waals surface area contributed by atoms with Gasteiger partial charge >= 0.3 is 5.97 Å². The summed E-state index contributed by atoms with van der Waals surface area (Å²) in [5.74, 6) is -1.25. The third-order valence-electron chi connectivity index (χ3n) is 3.70. The SMILES string of the molecule is CCOC(=O)C1(S(=O)(=O)c2ccc(F)cc2)CCNCC1.Cl. The maximum Gasteiger partial charge on any atom is 0.327 e. The van der Waals surface area contributed by atoms with Crippen LogP contribution in [0.25, 0.3) is 0 Å². The first-order valence-corrected chi connectivity index (χ1v) is 8.30. The Morgan fingerprint density at radius 1 is 1.27 bits per heavy atom. The molecule has 5 nitrogen and oxygen atoms in total. The van der Waals surface area contributed by atoms with E-state index in [1.54, 1.807) is 6.92 Å². The van der Waals surface area contributed by atoms with E-state index in [0.717, 1.165) is 12.1 Å². The molecule has 0 bridgehead atoms. The number of nitrogens with one attached hydrogen (secondary N) is 1. The molecule has 1 aliphatic heterocycles. The highest BCUT2D eigenvalue weighted by atomic mass is 35.5. The number of halogens is 2. The third kappa shape index (κ3) is 3.26. The molecule has 1 saturated heterocycles. The molecule has 1 fully saturated rings. The predicted octanol–water partition coefficient (Wildman–Crippen LogP) is 1.71. The zero-order valence-corrected chi connectivity index (χ0v) is 13.8. The van der Waals surface area contributed by atoms with Crippen molar-refractivity contribution >= 4 is 28.2 Å². The number of sulfone groups is 1. The van der Waals surface area contributed by atoms with Crippen LogP contribution in [-0.2, 0) is 19.4 Å². The van der Waals surface area contributed by atoms with E-state index in [0.29, 0.717) is 13.1 Å². The molecule has 8 heteroatoms. The van der Waals surface area contributed by atoms with Gasteiger partial charge < -0.3 is 10.1 Å². The summed E-state index contributed by atoms with van der Waals surface area (Å²) in [6.45, 7) is 2.59. The minimum Gasteiger partial charge on any atom is -0.465 e. The van der Waals surface area contributed by atoms with Crippen LogP contribution in [0.15, 0.2) is 29.2 Å².